The van der Waals surface area contributed by atoms with E-state index in [9.17, 15) is 10.1 Å². The summed E-state index contributed by atoms with van der Waals surface area (Å²) >= 11 is 1.19. The number of nitro benzene ring substituents is 1. The largest absolute Gasteiger partial charge is 0.497 e. The lowest BCUT2D eigenvalue weighted by molar-refractivity contribution is -0.386. The van der Waals surface area contributed by atoms with E-state index in [1.54, 1.807) is 7.05 Å². The van der Waals surface area contributed by atoms with Crippen molar-refractivity contribution in [3.05, 3.63) is 34.0 Å². The molecule has 0 unspecified atom stereocenters. The van der Waals surface area contributed by atoms with Crippen molar-refractivity contribution in [2.75, 3.05) is 19.5 Å². The summed E-state index contributed by atoms with van der Waals surface area (Å²) in [5, 5.41) is 18.5. The fraction of sp³-hybridized carbons (Fsp3) is 0.273. The van der Waals surface area contributed by atoms with Crippen molar-refractivity contribution < 1.29 is 14.4 Å². The highest BCUT2D eigenvalue weighted by atomic mass is 32.1. The summed E-state index contributed by atoms with van der Waals surface area (Å²) in [4.78, 5) is 10.4. The number of anilines is 1. The highest BCUT2D eigenvalue weighted by molar-refractivity contribution is 7.10. The minimum atomic E-state index is -0.507. The maximum absolute atomic E-state index is 11.0. The van der Waals surface area contributed by atoms with Crippen molar-refractivity contribution in [2.45, 2.75) is 6.61 Å². The van der Waals surface area contributed by atoms with Crippen LogP contribution in [0.4, 0.5) is 10.7 Å². The van der Waals surface area contributed by atoms with Gasteiger partial charge < -0.3 is 14.8 Å². The molecular weight excluding hydrogens is 284 g/mol. The van der Waals surface area contributed by atoms with Gasteiger partial charge >= 0.3 is 5.69 Å². The van der Waals surface area contributed by atoms with Gasteiger partial charge in [-0.15, -0.1) is 5.10 Å². The van der Waals surface area contributed by atoms with Gasteiger partial charge in [-0.3, -0.25) is 10.1 Å². The molecule has 0 saturated heterocycles. The van der Waals surface area contributed by atoms with Gasteiger partial charge in [-0.2, -0.15) is 0 Å². The second-order valence-corrected chi connectivity index (χ2v) is 4.43. The van der Waals surface area contributed by atoms with E-state index in [0.29, 0.717) is 11.4 Å². The molecular formula is C11H12N4O4S. The van der Waals surface area contributed by atoms with Crippen molar-refractivity contribution in [2.24, 2.45) is 0 Å². The van der Waals surface area contributed by atoms with Gasteiger partial charge in [-0.1, -0.05) is 4.49 Å². The molecule has 9 heteroatoms. The number of ether oxygens (including phenoxy) is 2. The predicted octanol–water partition coefficient (Wildman–Crippen LogP) is 2.08. The first kappa shape index (κ1) is 14.0. The third kappa shape index (κ3) is 2.94. The summed E-state index contributed by atoms with van der Waals surface area (Å²) in [6.45, 7) is 0.0840. The summed E-state index contributed by atoms with van der Waals surface area (Å²) < 4.78 is 14.3. The van der Waals surface area contributed by atoms with Gasteiger partial charge in [0.25, 0.3) is 0 Å². The summed E-state index contributed by atoms with van der Waals surface area (Å²) in [7, 11) is 3.22. The smallest absolute Gasteiger partial charge is 0.311 e. The van der Waals surface area contributed by atoms with Crippen molar-refractivity contribution in [3.63, 3.8) is 0 Å². The topological polar surface area (TPSA) is 99.4 Å². The van der Waals surface area contributed by atoms with Crippen molar-refractivity contribution in [3.8, 4) is 11.5 Å². The molecule has 1 aromatic carbocycles. The Morgan fingerprint density at radius 2 is 2.30 bits per heavy atom. The van der Waals surface area contributed by atoms with E-state index in [0.717, 1.165) is 5.00 Å². The van der Waals surface area contributed by atoms with Gasteiger partial charge in [0.05, 0.1) is 12.0 Å². The summed E-state index contributed by atoms with van der Waals surface area (Å²) in [5.74, 6) is 0.611. The maximum Gasteiger partial charge on any atom is 0.311 e. The summed E-state index contributed by atoms with van der Waals surface area (Å²) in [5.41, 5.74) is 0.467. The lowest BCUT2D eigenvalue weighted by Crippen LogP contribution is -2.02. The molecule has 8 nitrogen and oxygen atoms in total. The lowest BCUT2D eigenvalue weighted by Gasteiger charge is -2.07. The van der Waals surface area contributed by atoms with Crippen LogP contribution in [0.25, 0.3) is 0 Å². The zero-order valence-corrected chi connectivity index (χ0v) is 11.6. The standard InChI is InChI=1S/C11H12N4O4S/c1-12-11-8(13-14-20-11)6-19-10-5-7(18-2)3-4-9(10)15(16)17/h3-5,12H,6H2,1-2H3. The van der Waals surface area contributed by atoms with Gasteiger partial charge in [0, 0.05) is 30.7 Å². The molecule has 20 heavy (non-hydrogen) atoms. The molecule has 0 spiro atoms. The molecule has 0 aliphatic carbocycles. The third-order valence-corrected chi connectivity index (χ3v) is 3.30. The second kappa shape index (κ2) is 6.15. The normalized spacial score (nSPS) is 10.1. The minimum absolute atomic E-state index is 0.0840. The van der Waals surface area contributed by atoms with Crippen molar-refractivity contribution in [1.82, 2.24) is 9.59 Å². The van der Waals surface area contributed by atoms with Crippen LogP contribution in [0.15, 0.2) is 18.2 Å². The molecule has 2 aromatic rings. The zero-order valence-electron chi connectivity index (χ0n) is 10.8. The van der Waals surface area contributed by atoms with Gasteiger partial charge in [0.1, 0.15) is 23.1 Å². The van der Waals surface area contributed by atoms with Crippen molar-refractivity contribution in [1.29, 1.82) is 0 Å². The number of nitrogens with zero attached hydrogens (tertiary/aromatic N) is 3. The first-order chi connectivity index (χ1) is 9.65. The monoisotopic (exact) mass is 296 g/mol. The van der Waals surface area contributed by atoms with Crippen LogP contribution < -0.4 is 14.8 Å². The fourth-order valence-corrected chi connectivity index (χ4v) is 2.04. The molecule has 0 aliphatic rings. The average molecular weight is 296 g/mol. The predicted molar refractivity (Wildman–Crippen MR) is 73.4 cm³/mol. The molecule has 0 saturated carbocycles. The van der Waals surface area contributed by atoms with Gasteiger partial charge in [0.15, 0.2) is 0 Å². The number of hydrogen-bond acceptors (Lipinski definition) is 8. The molecule has 0 aliphatic heterocycles. The Kier molecular flexibility index (Phi) is 4.31. The third-order valence-electron chi connectivity index (χ3n) is 2.51. The van der Waals surface area contributed by atoms with E-state index >= 15 is 0 Å². The average Bonchev–Trinajstić information content (AvgIpc) is 2.91. The van der Waals surface area contributed by atoms with E-state index < -0.39 is 4.92 Å². The number of nitro groups is 1. The fourth-order valence-electron chi connectivity index (χ4n) is 1.53. The van der Waals surface area contributed by atoms with Crippen LogP contribution in [0.1, 0.15) is 5.69 Å². The minimum Gasteiger partial charge on any atom is -0.497 e. The number of hydrogen-bond donors (Lipinski definition) is 1. The Bertz CT molecular complexity index is 616. The zero-order chi connectivity index (χ0) is 14.5. The molecule has 0 amide bonds. The Morgan fingerprint density at radius 3 is 2.95 bits per heavy atom. The second-order valence-electron chi connectivity index (χ2n) is 3.68. The Balaban J connectivity index is 2.21. The van der Waals surface area contributed by atoms with E-state index in [4.69, 9.17) is 9.47 Å². The van der Waals surface area contributed by atoms with Crippen LogP contribution in [-0.4, -0.2) is 28.7 Å². The Labute approximate surface area is 118 Å². The SMILES string of the molecule is CNc1snnc1COc1cc(OC)ccc1[N+](=O)[O-]. The quantitative estimate of drug-likeness (QED) is 0.643. The van der Waals surface area contributed by atoms with Gasteiger partial charge in [-0.25, -0.2) is 0 Å². The Hall–Kier alpha value is -2.42. The molecule has 1 aromatic heterocycles. The van der Waals surface area contributed by atoms with Gasteiger partial charge in [-0.05, 0) is 6.07 Å². The highest BCUT2D eigenvalue weighted by Gasteiger charge is 2.17. The van der Waals surface area contributed by atoms with Crippen LogP contribution in [0.3, 0.4) is 0 Å². The molecule has 1 N–H and O–H groups in total. The number of aromatic nitrogens is 2. The molecule has 1 heterocycles. The van der Waals surface area contributed by atoms with Crippen LogP contribution in [0.2, 0.25) is 0 Å². The maximum atomic E-state index is 11.0. The van der Waals surface area contributed by atoms with E-state index in [-0.39, 0.29) is 18.0 Å². The van der Waals surface area contributed by atoms with Crippen LogP contribution in [0, 0.1) is 10.1 Å². The number of benzene rings is 1. The summed E-state index contributed by atoms with van der Waals surface area (Å²) in [6, 6.07) is 4.32. The highest BCUT2D eigenvalue weighted by Crippen LogP contribution is 2.32. The van der Waals surface area contributed by atoms with Gasteiger partial charge in [0.2, 0.25) is 5.75 Å². The van der Waals surface area contributed by atoms with Crippen LogP contribution in [-0.2, 0) is 6.61 Å². The van der Waals surface area contributed by atoms with Crippen LogP contribution in [0.5, 0.6) is 11.5 Å². The van der Waals surface area contributed by atoms with Crippen molar-refractivity contribution >= 4 is 22.2 Å². The Morgan fingerprint density at radius 1 is 1.50 bits per heavy atom. The first-order valence-electron chi connectivity index (χ1n) is 5.60. The number of nitrogens with one attached hydrogen (secondary N) is 1. The van der Waals surface area contributed by atoms with E-state index in [1.807, 2.05) is 0 Å². The molecule has 0 atom stereocenters. The molecule has 2 rings (SSSR count). The molecule has 0 bridgehead atoms. The molecule has 0 fully saturated rings. The van der Waals surface area contributed by atoms with Crippen LogP contribution >= 0.6 is 11.5 Å². The molecule has 106 valence electrons. The van der Waals surface area contributed by atoms with E-state index in [1.165, 1.54) is 36.8 Å². The number of rotatable bonds is 6. The molecule has 0 radical (unpaired) electrons. The van der Waals surface area contributed by atoms with E-state index in [2.05, 4.69) is 14.9 Å². The lowest BCUT2D eigenvalue weighted by atomic mass is 10.3. The summed E-state index contributed by atoms with van der Waals surface area (Å²) in [6.07, 6.45) is 0. The first-order valence-corrected chi connectivity index (χ1v) is 6.37. The number of methoxy groups -OCH3 is 1.